The van der Waals surface area contributed by atoms with Gasteiger partial charge >= 0.3 is 6.18 Å². The molecule has 2 aromatic carbocycles. The van der Waals surface area contributed by atoms with Gasteiger partial charge in [0.25, 0.3) is 0 Å². The minimum atomic E-state index is -4.52. The number of nitrogens with one attached hydrogen (secondary N) is 2. The molecule has 0 bridgehead atoms. The van der Waals surface area contributed by atoms with Crippen molar-refractivity contribution in [2.24, 2.45) is 0 Å². The van der Waals surface area contributed by atoms with Crippen molar-refractivity contribution in [1.82, 2.24) is 5.32 Å². The molecule has 0 spiro atoms. The van der Waals surface area contributed by atoms with Crippen molar-refractivity contribution in [3.05, 3.63) is 58.6 Å². The van der Waals surface area contributed by atoms with Gasteiger partial charge in [-0.15, -0.1) is 0 Å². The molecular formula is C18H18ClF3N2O2. The van der Waals surface area contributed by atoms with E-state index in [2.05, 4.69) is 10.6 Å². The molecule has 26 heavy (non-hydrogen) atoms. The molecule has 0 heterocycles. The Morgan fingerprint density at radius 1 is 1.15 bits per heavy atom. The summed E-state index contributed by atoms with van der Waals surface area (Å²) in [6.45, 7) is 0.400. The van der Waals surface area contributed by atoms with E-state index in [0.29, 0.717) is 12.3 Å². The number of rotatable bonds is 7. The highest BCUT2D eigenvalue weighted by Gasteiger charge is 2.33. The van der Waals surface area contributed by atoms with Crippen molar-refractivity contribution >= 4 is 23.2 Å². The van der Waals surface area contributed by atoms with Crippen LogP contribution >= 0.6 is 11.6 Å². The lowest BCUT2D eigenvalue weighted by molar-refractivity contribution is -0.137. The number of anilines is 1. The SMILES string of the molecule is COc1ccc(CNC(=O)CCNc2ccc(Cl)cc2C(F)(F)F)cc1. The fraction of sp³-hybridized carbons (Fsp3) is 0.278. The third-order valence-corrected chi connectivity index (χ3v) is 3.84. The average molecular weight is 387 g/mol. The Morgan fingerprint density at radius 2 is 1.85 bits per heavy atom. The first kappa shape index (κ1) is 19.9. The first-order valence-electron chi connectivity index (χ1n) is 7.80. The van der Waals surface area contributed by atoms with E-state index in [4.69, 9.17) is 16.3 Å². The number of methoxy groups -OCH3 is 1. The number of hydrogen-bond donors (Lipinski definition) is 2. The summed E-state index contributed by atoms with van der Waals surface area (Å²) in [4.78, 5) is 11.8. The highest BCUT2D eigenvalue weighted by molar-refractivity contribution is 6.30. The highest BCUT2D eigenvalue weighted by Crippen LogP contribution is 2.36. The normalized spacial score (nSPS) is 11.1. The Hall–Kier alpha value is -2.41. The lowest BCUT2D eigenvalue weighted by Crippen LogP contribution is -2.25. The van der Waals surface area contributed by atoms with E-state index < -0.39 is 11.7 Å². The van der Waals surface area contributed by atoms with Gasteiger partial charge in [0.2, 0.25) is 5.91 Å². The van der Waals surface area contributed by atoms with E-state index in [1.165, 1.54) is 12.1 Å². The molecule has 0 unspecified atom stereocenters. The summed E-state index contributed by atoms with van der Waals surface area (Å²) in [5.41, 5.74) is -0.0716. The predicted octanol–water partition coefficient (Wildman–Crippen LogP) is 4.49. The topological polar surface area (TPSA) is 50.4 Å². The van der Waals surface area contributed by atoms with E-state index >= 15 is 0 Å². The molecule has 1 amide bonds. The van der Waals surface area contributed by atoms with Crippen LogP contribution < -0.4 is 15.4 Å². The Kier molecular flexibility index (Phi) is 6.74. The van der Waals surface area contributed by atoms with Gasteiger partial charge in [-0.3, -0.25) is 4.79 Å². The molecule has 4 nitrogen and oxygen atoms in total. The van der Waals surface area contributed by atoms with Crippen LogP contribution in [0.15, 0.2) is 42.5 Å². The second-order valence-electron chi connectivity index (χ2n) is 5.49. The molecule has 2 N–H and O–H groups in total. The second kappa shape index (κ2) is 8.80. The second-order valence-corrected chi connectivity index (χ2v) is 5.93. The molecule has 0 aliphatic heterocycles. The molecular weight excluding hydrogens is 369 g/mol. The summed E-state index contributed by atoms with van der Waals surface area (Å²) in [5.74, 6) is 0.448. The van der Waals surface area contributed by atoms with Gasteiger partial charge in [0, 0.05) is 30.2 Å². The minimum Gasteiger partial charge on any atom is -0.497 e. The molecule has 0 atom stereocenters. The maximum atomic E-state index is 13.0. The van der Waals surface area contributed by atoms with Crippen molar-refractivity contribution in [2.75, 3.05) is 19.0 Å². The third kappa shape index (κ3) is 5.84. The van der Waals surface area contributed by atoms with E-state index in [1.54, 1.807) is 19.2 Å². The first-order valence-corrected chi connectivity index (χ1v) is 8.17. The van der Waals surface area contributed by atoms with Gasteiger partial charge in [-0.25, -0.2) is 0 Å². The standard InChI is InChI=1S/C18H18ClF3N2O2/c1-26-14-5-2-12(3-6-14)11-24-17(25)8-9-23-16-7-4-13(19)10-15(16)18(20,21)22/h2-7,10,23H,8-9,11H2,1H3,(H,24,25). The average Bonchev–Trinajstić information content (AvgIpc) is 2.60. The molecule has 0 radical (unpaired) electrons. The molecule has 0 fully saturated rings. The summed E-state index contributed by atoms with van der Waals surface area (Å²) in [6.07, 6.45) is -4.49. The lowest BCUT2D eigenvalue weighted by Gasteiger charge is -2.15. The summed E-state index contributed by atoms with van der Waals surface area (Å²) in [5, 5.41) is 5.35. The van der Waals surface area contributed by atoms with Crippen LogP contribution in [-0.4, -0.2) is 19.6 Å². The summed E-state index contributed by atoms with van der Waals surface area (Å²) >= 11 is 5.63. The Balaban J connectivity index is 1.83. The number of amides is 1. The fourth-order valence-corrected chi connectivity index (χ4v) is 2.42. The third-order valence-electron chi connectivity index (χ3n) is 3.60. The molecule has 8 heteroatoms. The van der Waals surface area contributed by atoms with Gasteiger partial charge in [0.15, 0.2) is 0 Å². The largest absolute Gasteiger partial charge is 0.497 e. The zero-order valence-corrected chi connectivity index (χ0v) is 14.7. The van der Waals surface area contributed by atoms with Crippen molar-refractivity contribution < 1.29 is 22.7 Å². The molecule has 140 valence electrons. The van der Waals surface area contributed by atoms with Gasteiger partial charge in [0.1, 0.15) is 5.75 Å². The number of hydrogen-bond acceptors (Lipinski definition) is 3. The Bertz CT molecular complexity index is 749. The van der Waals surface area contributed by atoms with E-state index in [0.717, 1.165) is 11.6 Å². The molecule has 0 aliphatic carbocycles. The van der Waals surface area contributed by atoms with E-state index in [9.17, 15) is 18.0 Å². The van der Waals surface area contributed by atoms with Crippen LogP contribution in [0.4, 0.5) is 18.9 Å². The molecule has 2 rings (SSSR count). The minimum absolute atomic E-state index is 0.000102. The van der Waals surface area contributed by atoms with Crippen molar-refractivity contribution in [3.8, 4) is 5.75 Å². The van der Waals surface area contributed by atoms with Gasteiger partial charge in [0.05, 0.1) is 12.7 Å². The summed E-state index contributed by atoms with van der Waals surface area (Å²) < 4.78 is 44.0. The number of carbonyl (C=O) groups is 1. The van der Waals surface area contributed by atoms with Crippen LogP contribution in [0.1, 0.15) is 17.5 Å². The molecule has 0 aliphatic rings. The zero-order chi connectivity index (χ0) is 19.2. The number of ether oxygens (including phenoxy) is 1. The van der Waals surface area contributed by atoms with Crippen molar-refractivity contribution in [3.63, 3.8) is 0 Å². The van der Waals surface area contributed by atoms with E-state index in [-0.39, 0.29) is 29.6 Å². The van der Waals surface area contributed by atoms with Crippen LogP contribution in [0, 0.1) is 0 Å². The maximum Gasteiger partial charge on any atom is 0.418 e. The lowest BCUT2D eigenvalue weighted by atomic mass is 10.1. The quantitative estimate of drug-likeness (QED) is 0.737. The highest BCUT2D eigenvalue weighted by atomic mass is 35.5. The van der Waals surface area contributed by atoms with Gasteiger partial charge in [-0.1, -0.05) is 23.7 Å². The smallest absolute Gasteiger partial charge is 0.418 e. The molecule has 0 aromatic heterocycles. The Morgan fingerprint density at radius 3 is 2.46 bits per heavy atom. The summed E-state index contributed by atoms with van der Waals surface area (Å²) in [6, 6.07) is 10.7. The van der Waals surface area contributed by atoms with Gasteiger partial charge < -0.3 is 15.4 Å². The predicted molar refractivity (Wildman–Crippen MR) is 94.4 cm³/mol. The van der Waals surface area contributed by atoms with Crippen LogP contribution in [0.3, 0.4) is 0 Å². The number of benzene rings is 2. The number of halogens is 4. The maximum absolute atomic E-state index is 13.0. The van der Waals surface area contributed by atoms with Crippen LogP contribution in [-0.2, 0) is 17.5 Å². The van der Waals surface area contributed by atoms with E-state index in [1.807, 2.05) is 12.1 Å². The number of carbonyl (C=O) groups excluding carboxylic acids is 1. The molecule has 0 saturated carbocycles. The van der Waals surface area contributed by atoms with Crippen LogP contribution in [0.2, 0.25) is 5.02 Å². The number of alkyl halides is 3. The van der Waals surface area contributed by atoms with Crippen LogP contribution in [0.25, 0.3) is 0 Å². The van der Waals surface area contributed by atoms with Crippen LogP contribution in [0.5, 0.6) is 5.75 Å². The monoisotopic (exact) mass is 386 g/mol. The summed E-state index contributed by atoms with van der Waals surface area (Å²) in [7, 11) is 1.56. The molecule has 2 aromatic rings. The van der Waals surface area contributed by atoms with Crippen molar-refractivity contribution in [2.45, 2.75) is 19.1 Å². The molecule has 0 saturated heterocycles. The fourth-order valence-electron chi connectivity index (χ4n) is 2.25. The van der Waals surface area contributed by atoms with Gasteiger partial charge in [-0.05, 0) is 35.9 Å². The van der Waals surface area contributed by atoms with Gasteiger partial charge in [-0.2, -0.15) is 13.2 Å². The van der Waals surface area contributed by atoms with Crippen molar-refractivity contribution in [1.29, 1.82) is 0 Å². The zero-order valence-electron chi connectivity index (χ0n) is 14.0. The first-order chi connectivity index (χ1) is 12.3. The Labute approximate surface area is 154 Å².